The predicted molar refractivity (Wildman–Crippen MR) is 43.1 cm³/mol. The molecule has 1 unspecified atom stereocenters. The fraction of sp³-hybridized carbons (Fsp3) is 0.333. The number of alkyl halides is 5. The molecule has 1 aromatic rings. The summed E-state index contributed by atoms with van der Waals surface area (Å²) >= 11 is 0. The highest BCUT2D eigenvalue weighted by atomic mass is 19.4. The number of rotatable bonds is 2. The van der Waals surface area contributed by atoms with Gasteiger partial charge in [-0.25, -0.2) is 0 Å². The molecule has 6 heteroatoms. The molecule has 1 atom stereocenters. The van der Waals surface area contributed by atoms with Crippen LogP contribution in [0.1, 0.15) is 11.6 Å². The van der Waals surface area contributed by atoms with E-state index in [0.717, 1.165) is 0 Å². The van der Waals surface area contributed by atoms with E-state index in [1.54, 1.807) is 0 Å². The maximum absolute atomic E-state index is 12.8. The van der Waals surface area contributed by atoms with Crippen LogP contribution in [0.25, 0.3) is 0 Å². The minimum absolute atomic E-state index is 0.139. The zero-order valence-corrected chi connectivity index (χ0v) is 7.56. The summed E-state index contributed by atoms with van der Waals surface area (Å²) in [7, 11) is 0. The van der Waals surface area contributed by atoms with Gasteiger partial charge >= 0.3 is 12.1 Å². The van der Waals surface area contributed by atoms with E-state index in [4.69, 9.17) is 0 Å². The standard InChI is InChI=1S/C9H8F5N/c10-8(11,9(12,13)14)7(15)6-4-2-1-3-5-6/h1-5,7H,15H2/p+1. The van der Waals surface area contributed by atoms with Gasteiger partial charge in [-0.2, -0.15) is 22.0 Å². The summed E-state index contributed by atoms with van der Waals surface area (Å²) in [5.74, 6) is -4.81. The molecule has 0 aliphatic heterocycles. The molecule has 0 spiro atoms. The van der Waals surface area contributed by atoms with Crippen molar-refractivity contribution >= 4 is 0 Å². The molecule has 0 saturated carbocycles. The Morgan fingerprint density at radius 2 is 1.40 bits per heavy atom. The maximum atomic E-state index is 12.8. The van der Waals surface area contributed by atoms with Crippen LogP contribution < -0.4 is 5.73 Å². The van der Waals surface area contributed by atoms with E-state index in [1.807, 2.05) is 0 Å². The van der Waals surface area contributed by atoms with Gasteiger partial charge in [-0.1, -0.05) is 30.3 Å². The van der Waals surface area contributed by atoms with Crippen molar-refractivity contribution in [3.05, 3.63) is 35.9 Å². The highest BCUT2D eigenvalue weighted by Crippen LogP contribution is 2.42. The number of hydrogen-bond acceptors (Lipinski definition) is 0. The van der Waals surface area contributed by atoms with Crippen LogP contribution in [-0.4, -0.2) is 12.1 Å². The molecule has 3 N–H and O–H groups in total. The minimum atomic E-state index is -5.57. The molecule has 1 rings (SSSR count). The largest absolute Gasteiger partial charge is 0.460 e. The van der Waals surface area contributed by atoms with Gasteiger partial charge in [0.05, 0.1) is 0 Å². The lowest BCUT2D eigenvalue weighted by atomic mass is 10.0. The van der Waals surface area contributed by atoms with Crippen molar-refractivity contribution in [2.24, 2.45) is 0 Å². The Morgan fingerprint density at radius 3 is 1.80 bits per heavy atom. The molecule has 0 heterocycles. The van der Waals surface area contributed by atoms with Crippen molar-refractivity contribution in [1.82, 2.24) is 0 Å². The second-order valence-electron chi connectivity index (χ2n) is 3.08. The van der Waals surface area contributed by atoms with Crippen LogP contribution in [0.15, 0.2) is 30.3 Å². The van der Waals surface area contributed by atoms with Crippen molar-refractivity contribution in [3.8, 4) is 0 Å². The van der Waals surface area contributed by atoms with Crippen molar-refractivity contribution < 1.29 is 27.7 Å². The molecule has 15 heavy (non-hydrogen) atoms. The summed E-state index contributed by atoms with van der Waals surface area (Å²) in [5.41, 5.74) is 2.74. The molecule has 0 fully saturated rings. The van der Waals surface area contributed by atoms with Gasteiger partial charge in [-0.3, -0.25) is 0 Å². The molecular weight excluding hydrogens is 217 g/mol. The van der Waals surface area contributed by atoms with Crippen LogP contribution >= 0.6 is 0 Å². The molecule has 0 aromatic heterocycles. The Kier molecular flexibility index (Phi) is 2.99. The summed E-state index contributed by atoms with van der Waals surface area (Å²) in [4.78, 5) is 0. The van der Waals surface area contributed by atoms with E-state index in [-0.39, 0.29) is 5.56 Å². The SMILES string of the molecule is [NH3+]C(c1ccccc1)C(F)(F)C(F)(F)F. The number of benzene rings is 1. The quantitative estimate of drug-likeness (QED) is 0.748. The first-order valence-corrected chi connectivity index (χ1v) is 4.09. The smallest absolute Gasteiger partial charge is 0.346 e. The highest BCUT2D eigenvalue weighted by molar-refractivity contribution is 5.19. The van der Waals surface area contributed by atoms with Crippen LogP contribution in [-0.2, 0) is 0 Å². The highest BCUT2D eigenvalue weighted by Gasteiger charge is 2.64. The number of halogens is 5. The molecule has 0 radical (unpaired) electrons. The fourth-order valence-corrected chi connectivity index (χ4v) is 1.09. The molecule has 84 valence electrons. The minimum Gasteiger partial charge on any atom is -0.346 e. The van der Waals surface area contributed by atoms with Crippen molar-refractivity contribution in [2.75, 3.05) is 0 Å². The van der Waals surface area contributed by atoms with E-state index in [9.17, 15) is 22.0 Å². The van der Waals surface area contributed by atoms with Gasteiger partial charge in [0.2, 0.25) is 0 Å². The molecule has 0 amide bonds. The predicted octanol–water partition coefficient (Wildman–Crippen LogP) is 2.17. The van der Waals surface area contributed by atoms with Gasteiger partial charge in [0.1, 0.15) is 0 Å². The van der Waals surface area contributed by atoms with E-state index in [1.165, 1.54) is 30.3 Å². The number of quaternary nitrogens is 1. The zero-order chi connectivity index (χ0) is 11.7. The normalized spacial score (nSPS) is 15.1. The molecule has 1 aromatic carbocycles. The molecule has 0 saturated heterocycles. The fourth-order valence-electron chi connectivity index (χ4n) is 1.09. The first kappa shape index (κ1) is 11.9. The third-order valence-electron chi connectivity index (χ3n) is 2.02. The average molecular weight is 226 g/mol. The van der Waals surface area contributed by atoms with E-state index in [0.29, 0.717) is 0 Å². The summed E-state index contributed by atoms with van der Waals surface area (Å²) in [5, 5.41) is 0. The second-order valence-corrected chi connectivity index (χ2v) is 3.08. The van der Waals surface area contributed by atoms with Gasteiger partial charge < -0.3 is 5.73 Å². The Labute approximate surface area is 82.7 Å². The van der Waals surface area contributed by atoms with Gasteiger partial charge in [-0.15, -0.1) is 0 Å². The van der Waals surface area contributed by atoms with Gasteiger partial charge in [0, 0.05) is 5.56 Å². The second kappa shape index (κ2) is 3.77. The Balaban J connectivity index is 3.00. The molecule has 0 aliphatic rings. The lowest BCUT2D eigenvalue weighted by Crippen LogP contribution is -2.65. The third-order valence-corrected chi connectivity index (χ3v) is 2.02. The molecule has 0 bridgehead atoms. The van der Waals surface area contributed by atoms with E-state index < -0.39 is 18.1 Å². The average Bonchev–Trinajstić information content (AvgIpc) is 2.16. The van der Waals surface area contributed by atoms with Crippen LogP contribution in [0.4, 0.5) is 22.0 Å². The van der Waals surface area contributed by atoms with Gasteiger partial charge in [0.25, 0.3) is 0 Å². The topological polar surface area (TPSA) is 27.6 Å². The van der Waals surface area contributed by atoms with Crippen molar-refractivity contribution in [2.45, 2.75) is 18.1 Å². The summed E-state index contributed by atoms with van der Waals surface area (Å²) in [6, 6.07) is 4.56. The summed E-state index contributed by atoms with van der Waals surface area (Å²) < 4.78 is 61.6. The lowest BCUT2D eigenvalue weighted by molar-refractivity contribution is -0.498. The van der Waals surface area contributed by atoms with Crippen LogP contribution in [0.2, 0.25) is 0 Å². The van der Waals surface area contributed by atoms with Gasteiger partial charge in [-0.05, 0) is 0 Å². The van der Waals surface area contributed by atoms with Gasteiger partial charge in [0.15, 0.2) is 6.04 Å². The Morgan fingerprint density at radius 1 is 0.933 bits per heavy atom. The Bertz CT molecular complexity index is 319. The first-order valence-electron chi connectivity index (χ1n) is 4.09. The lowest BCUT2D eigenvalue weighted by Gasteiger charge is -2.23. The summed E-state index contributed by atoms with van der Waals surface area (Å²) in [6.07, 6.45) is -5.57. The zero-order valence-electron chi connectivity index (χ0n) is 7.56. The maximum Gasteiger partial charge on any atom is 0.460 e. The number of hydrogen-bond donors (Lipinski definition) is 1. The van der Waals surface area contributed by atoms with Crippen LogP contribution in [0, 0.1) is 0 Å². The van der Waals surface area contributed by atoms with E-state index in [2.05, 4.69) is 5.73 Å². The molecule has 1 nitrogen and oxygen atoms in total. The monoisotopic (exact) mass is 226 g/mol. The third kappa shape index (κ3) is 2.26. The van der Waals surface area contributed by atoms with Crippen LogP contribution in [0.5, 0.6) is 0 Å². The molecule has 0 aliphatic carbocycles. The van der Waals surface area contributed by atoms with Crippen LogP contribution in [0.3, 0.4) is 0 Å². The molecular formula is C9H9F5N+. The van der Waals surface area contributed by atoms with E-state index >= 15 is 0 Å². The summed E-state index contributed by atoms with van der Waals surface area (Å²) in [6.45, 7) is 0. The van der Waals surface area contributed by atoms with Crippen molar-refractivity contribution in [1.29, 1.82) is 0 Å². The first-order chi connectivity index (χ1) is 6.77. The Hall–Kier alpha value is -1.17. The van der Waals surface area contributed by atoms with Crippen molar-refractivity contribution in [3.63, 3.8) is 0 Å².